The van der Waals surface area contributed by atoms with E-state index in [4.69, 9.17) is 0 Å². The van der Waals surface area contributed by atoms with Gasteiger partial charge in [0.25, 0.3) is 5.76 Å². The number of benzene rings is 1. The van der Waals surface area contributed by atoms with E-state index in [-0.39, 0.29) is 6.03 Å². The van der Waals surface area contributed by atoms with Crippen molar-refractivity contribution in [3.8, 4) is 0 Å². The first-order chi connectivity index (χ1) is 10.3. The molecule has 0 unspecified atom stereocenters. The van der Waals surface area contributed by atoms with Crippen LogP contribution in [-0.4, -0.2) is 44.5 Å². The van der Waals surface area contributed by atoms with Gasteiger partial charge in [-0.25, -0.2) is 4.79 Å². The number of hydrogen-bond donors (Lipinski definition) is 1. The van der Waals surface area contributed by atoms with E-state index < -0.39 is 21.3 Å². The number of carbonyl (C=O) groups is 1. The Bertz CT molecular complexity index is 582. The van der Waals surface area contributed by atoms with Crippen molar-refractivity contribution in [1.29, 1.82) is 0 Å². The molecule has 1 aliphatic heterocycles. The first-order valence-electron chi connectivity index (χ1n) is 6.78. The van der Waals surface area contributed by atoms with Crippen molar-refractivity contribution in [2.24, 2.45) is 0 Å². The maximum atomic E-state index is 12.5. The number of thioether (sulfide) groups is 1. The van der Waals surface area contributed by atoms with Gasteiger partial charge in [-0.05, 0) is 26.0 Å². The summed E-state index contributed by atoms with van der Waals surface area (Å²) in [5, 5.41) is 2.67. The monoisotopic (exact) mass is 348 g/mol. The fourth-order valence-electron chi connectivity index (χ4n) is 2.22. The number of halogens is 2. The number of rotatable bonds is 3. The molecule has 2 rings (SSSR count). The van der Waals surface area contributed by atoms with Gasteiger partial charge in [0.2, 0.25) is 0 Å². The molecule has 1 heterocycles. The maximum absolute atomic E-state index is 12.5. The summed E-state index contributed by atoms with van der Waals surface area (Å²) in [6.45, 7) is 4.47. The largest absolute Gasteiger partial charge is 0.322 e. The van der Waals surface area contributed by atoms with E-state index in [1.807, 2.05) is 13.8 Å². The predicted octanol–water partition coefficient (Wildman–Crippen LogP) is 3.38. The average Bonchev–Trinajstić information content (AvgIpc) is 2.43. The zero-order valence-electron chi connectivity index (χ0n) is 12.3. The molecule has 4 nitrogen and oxygen atoms in total. The van der Waals surface area contributed by atoms with Crippen molar-refractivity contribution in [3.05, 3.63) is 24.3 Å². The van der Waals surface area contributed by atoms with Crippen LogP contribution in [0.25, 0.3) is 0 Å². The summed E-state index contributed by atoms with van der Waals surface area (Å²) in [5.41, 5.74) is 0.363. The van der Waals surface area contributed by atoms with Gasteiger partial charge >= 0.3 is 6.03 Å². The number of anilines is 1. The molecule has 0 bridgehead atoms. The molecule has 122 valence electrons. The third-order valence-corrected chi connectivity index (χ3v) is 6.07. The predicted molar refractivity (Wildman–Crippen MR) is 86.0 cm³/mol. The lowest BCUT2D eigenvalue weighted by Gasteiger charge is -2.37. The highest BCUT2D eigenvalue weighted by Gasteiger charge is 2.35. The third-order valence-electron chi connectivity index (χ3n) is 3.37. The number of alkyl halides is 2. The smallest absolute Gasteiger partial charge is 0.321 e. The Balaban J connectivity index is 2.08. The average molecular weight is 348 g/mol. The lowest BCUT2D eigenvalue weighted by molar-refractivity contribution is 0.207. The van der Waals surface area contributed by atoms with Crippen molar-refractivity contribution in [1.82, 2.24) is 4.90 Å². The van der Waals surface area contributed by atoms with Crippen molar-refractivity contribution in [3.63, 3.8) is 0 Å². The fraction of sp³-hybridized carbons (Fsp3) is 0.500. The Kier molecular flexibility index (Phi) is 5.44. The quantitative estimate of drug-likeness (QED) is 0.852. The Morgan fingerprint density at radius 3 is 2.73 bits per heavy atom. The Morgan fingerprint density at radius 1 is 1.41 bits per heavy atom. The van der Waals surface area contributed by atoms with Crippen molar-refractivity contribution in [2.75, 3.05) is 24.2 Å². The van der Waals surface area contributed by atoms with Crippen LogP contribution in [0.5, 0.6) is 0 Å². The van der Waals surface area contributed by atoms with Crippen LogP contribution in [0, 0.1) is 0 Å². The minimum absolute atomic E-state index is 0.325. The fourth-order valence-corrected chi connectivity index (χ4v) is 4.05. The van der Waals surface area contributed by atoms with Crippen LogP contribution in [0.3, 0.4) is 0 Å². The Labute approximate surface area is 135 Å². The molecular formula is C14H18F2N2O2S2. The Hall–Kier alpha value is -1.15. The minimum Gasteiger partial charge on any atom is -0.322 e. The van der Waals surface area contributed by atoms with Crippen LogP contribution < -0.4 is 5.32 Å². The second-order valence-corrected chi connectivity index (χ2v) is 8.77. The first-order valence-corrected chi connectivity index (χ1v) is 8.98. The zero-order valence-corrected chi connectivity index (χ0v) is 14.0. The van der Waals surface area contributed by atoms with Crippen molar-refractivity contribution < 1.29 is 17.8 Å². The normalized spacial score (nSPS) is 21.0. The molecular weight excluding hydrogens is 330 g/mol. The molecule has 22 heavy (non-hydrogen) atoms. The van der Waals surface area contributed by atoms with E-state index in [1.165, 1.54) is 0 Å². The maximum Gasteiger partial charge on any atom is 0.321 e. The van der Waals surface area contributed by atoms with Gasteiger partial charge in [0.05, 0.1) is 10.4 Å². The van der Waals surface area contributed by atoms with Crippen LogP contribution >= 0.6 is 11.8 Å². The van der Waals surface area contributed by atoms with Gasteiger partial charge in [0, 0.05) is 34.5 Å². The van der Waals surface area contributed by atoms with Gasteiger partial charge in [-0.15, -0.1) is 0 Å². The van der Waals surface area contributed by atoms with Crippen LogP contribution in [0.4, 0.5) is 19.3 Å². The highest BCUT2D eigenvalue weighted by Crippen LogP contribution is 2.32. The summed E-state index contributed by atoms with van der Waals surface area (Å²) in [7, 11) is -0.971. The third kappa shape index (κ3) is 4.19. The topological polar surface area (TPSA) is 49.4 Å². The van der Waals surface area contributed by atoms with E-state index in [0.29, 0.717) is 41.2 Å². The van der Waals surface area contributed by atoms with Gasteiger partial charge in [-0.1, -0.05) is 23.9 Å². The van der Waals surface area contributed by atoms with E-state index in [9.17, 15) is 17.8 Å². The van der Waals surface area contributed by atoms with Crippen molar-refractivity contribution >= 4 is 34.3 Å². The molecule has 0 aromatic heterocycles. The second-order valence-electron chi connectivity index (χ2n) is 5.54. The van der Waals surface area contributed by atoms with Crippen molar-refractivity contribution in [2.45, 2.75) is 29.2 Å². The summed E-state index contributed by atoms with van der Waals surface area (Å²) < 4.78 is 36.5. The van der Waals surface area contributed by atoms with Crippen LogP contribution in [0.1, 0.15) is 13.8 Å². The lowest BCUT2D eigenvalue weighted by atomic mass is 10.2. The zero-order chi connectivity index (χ0) is 16.3. The summed E-state index contributed by atoms with van der Waals surface area (Å²) in [6, 6.07) is 6.11. The number of hydrogen-bond acceptors (Lipinski definition) is 3. The van der Waals surface area contributed by atoms with Gasteiger partial charge < -0.3 is 10.2 Å². The molecule has 0 saturated carbocycles. The molecule has 8 heteroatoms. The number of nitrogens with one attached hydrogen (secondary N) is 1. The molecule has 0 radical (unpaired) electrons. The molecule has 0 aliphatic carbocycles. The highest BCUT2D eigenvalue weighted by atomic mass is 32.2. The summed E-state index contributed by atoms with van der Waals surface area (Å²) >= 11 is 0.399. The van der Waals surface area contributed by atoms with E-state index in [0.717, 1.165) is 0 Å². The molecule has 1 N–H and O–H groups in total. The van der Waals surface area contributed by atoms with E-state index in [1.54, 1.807) is 29.2 Å². The minimum atomic E-state index is -2.55. The van der Waals surface area contributed by atoms with Crippen LogP contribution in [0.2, 0.25) is 0 Å². The van der Waals surface area contributed by atoms with Crippen LogP contribution in [0.15, 0.2) is 29.2 Å². The van der Waals surface area contributed by atoms with Crippen LogP contribution in [-0.2, 0) is 10.8 Å². The SMILES string of the molecule is CC1(C)CN(C(=O)Nc2ccccc2SC(F)F)CC[S@]1=O. The second kappa shape index (κ2) is 6.95. The lowest BCUT2D eigenvalue weighted by Crippen LogP contribution is -2.53. The summed E-state index contributed by atoms with van der Waals surface area (Å²) in [6.07, 6.45) is 0. The first kappa shape index (κ1) is 17.2. The summed E-state index contributed by atoms with van der Waals surface area (Å²) in [4.78, 5) is 14.2. The molecule has 1 fully saturated rings. The molecule has 1 atom stereocenters. The number of carbonyl (C=O) groups excluding carboxylic acids is 1. The molecule has 1 saturated heterocycles. The van der Waals surface area contributed by atoms with E-state index in [2.05, 4.69) is 5.32 Å². The van der Waals surface area contributed by atoms with Gasteiger partial charge in [0.15, 0.2) is 0 Å². The molecule has 0 spiro atoms. The summed E-state index contributed by atoms with van der Waals surface area (Å²) in [5.74, 6) is -2.12. The van der Waals surface area contributed by atoms with Gasteiger partial charge in [-0.3, -0.25) is 4.21 Å². The molecule has 1 aliphatic rings. The van der Waals surface area contributed by atoms with E-state index >= 15 is 0 Å². The number of nitrogens with zero attached hydrogens (tertiary/aromatic N) is 1. The van der Waals surface area contributed by atoms with Gasteiger partial charge in [0.1, 0.15) is 0 Å². The highest BCUT2D eigenvalue weighted by molar-refractivity contribution is 7.99. The number of urea groups is 1. The molecule has 1 aromatic carbocycles. The Morgan fingerprint density at radius 2 is 2.09 bits per heavy atom. The molecule has 1 aromatic rings. The standard InChI is InChI=1S/C14H18F2N2O2S2/c1-14(2)9-18(7-8-22(14)20)13(19)17-10-5-3-4-6-11(10)21-12(15)16/h3-6,12H,7-9H2,1-2H3,(H,17,19)/t22-/m1/s1. The number of amides is 2. The number of para-hydroxylation sites is 1. The van der Waals surface area contributed by atoms with Gasteiger partial charge in [-0.2, -0.15) is 8.78 Å². The molecule has 2 amide bonds.